The fraction of sp³-hybridized carbons (Fsp3) is 0.647. The van der Waals surface area contributed by atoms with Gasteiger partial charge in [-0.15, -0.1) is 24.0 Å². The van der Waals surface area contributed by atoms with E-state index >= 15 is 0 Å². The molecule has 0 aromatic carbocycles. The van der Waals surface area contributed by atoms with Crippen LogP contribution in [0.15, 0.2) is 23.3 Å². The van der Waals surface area contributed by atoms with E-state index in [-0.39, 0.29) is 24.0 Å². The van der Waals surface area contributed by atoms with E-state index in [9.17, 15) is 0 Å². The van der Waals surface area contributed by atoms with E-state index in [0.717, 1.165) is 30.5 Å². The zero-order valence-corrected chi connectivity index (χ0v) is 16.8. The third kappa shape index (κ3) is 8.56. The number of hydrogen-bond donors (Lipinski definition) is 2. The van der Waals surface area contributed by atoms with Gasteiger partial charge in [0, 0.05) is 18.8 Å². The third-order valence-corrected chi connectivity index (χ3v) is 3.41. The van der Waals surface area contributed by atoms with Crippen LogP contribution in [0.25, 0.3) is 0 Å². The SMILES string of the molecule is CCNC(=NCc1ncccc1C)NC(C)CCC(C)C.I. The zero-order chi connectivity index (χ0) is 15.7. The van der Waals surface area contributed by atoms with E-state index in [2.05, 4.69) is 61.3 Å². The summed E-state index contributed by atoms with van der Waals surface area (Å²) in [7, 11) is 0. The molecule has 5 heteroatoms. The Morgan fingerprint density at radius 3 is 2.59 bits per heavy atom. The molecule has 0 aliphatic carbocycles. The molecule has 1 rings (SSSR count). The first-order chi connectivity index (χ1) is 10.0. The molecule has 0 saturated heterocycles. The van der Waals surface area contributed by atoms with E-state index in [1.165, 1.54) is 12.0 Å². The van der Waals surface area contributed by atoms with Crippen LogP contribution < -0.4 is 10.6 Å². The van der Waals surface area contributed by atoms with Gasteiger partial charge in [-0.2, -0.15) is 0 Å². The van der Waals surface area contributed by atoms with Crippen LogP contribution in [0.5, 0.6) is 0 Å². The van der Waals surface area contributed by atoms with Gasteiger partial charge in [-0.1, -0.05) is 19.9 Å². The maximum absolute atomic E-state index is 4.64. The molecule has 22 heavy (non-hydrogen) atoms. The van der Waals surface area contributed by atoms with E-state index in [1.807, 2.05) is 12.3 Å². The summed E-state index contributed by atoms with van der Waals surface area (Å²) in [5.74, 6) is 1.61. The average Bonchev–Trinajstić information content (AvgIpc) is 2.44. The van der Waals surface area contributed by atoms with Crippen molar-refractivity contribution in [2.45, 2.75) is 60.0 Å². The van der Waals surface area contributed by atoms with Crippen molar-refractivity contribution >= 4 is 29.9 Å². The minimum atomic E-state index is 0. The second-order valence-electron chi connectivity index (χ2n) is 5.98. The van der Waals surface area contributed by atoms with Crippen LogP contribution >= 0.6 is 24.0 Å². The number of aliphatic imine (C=N–C) groups is 1. The van der Waals surface area contributed by atoms with Gasteiger partial charge in [0.05, 0.1) is 12.2 Å². The molecule has 0 aliphatic rings. The van der Waals surface area contributed by atoms with Gasteiger partial charge in [-0.25, -0.2) is 4.99 Å². The first kappa shape index (κ1) is 21.1. The van der Waals surface area contributed by atoms with Crippen LogP contribution in [0.4, 0.5) is 0 Å². The van der Waals surface area contributed by atoms with Crippen LogP contribution in [0.2, 0.25) is 0 Å². The Labute approximate surface area is 152 Å². The molecule has 0 fully saturated rings. The van der Waals surface area contributed by atoms with Crippen LogP contribution in [0, 0.1) is 12.8 Å². The molecule has 0 saturated carbocycles. The number of hydrogen-bond acceptors (Lipinski definition) is 2. The fourth-order valence-corrected chi connectivity index (χ4v) is 2.05. The Morgan fingerprint density at radius 2 is 2.00 bits per heavy atom. The predicted octanol–water partition coefficient (Wildman–Crippen LogP) is 3.89. The molecule has 1 unspecified atom stereocenters. The second-order valence-corrected chi connectivity index (χ2v) is 5.98. The van der Waals surface area contributed by atoms with Gasteiger partial charge in [0.1, 0.15) is 0 Å². The Hall–Kier alpha value is -0.850. The van der Waals surface area contributed by atoms with Gasteiger partial charge in [-0.05, 0) is 51.2 Å². The zero-order valence-electron chi connectivity index (χ0n) is 14.5. The molecule has 1 aromatic heterocycles. The van der Waals surface area contributed by atoms with Gasteiger partial charge >= 0.3 is 0 Å². The molecule has 1 aromatic rings. The summed E-state index contributed by atoms with van der Waals surface area (Å²) in [4.78, 5) is 9.03. The second kappa shape index (κ2) is 11.7. The Balaban J connectivity index is 0.00000441. The first-order valence-corrected chi connectivity index (χ1v) is 7.98. The number of rotatable bonds is 7. The van der Waals surface area contributed by atoms with Gasteiger partial charge in [0.15, 0.2) is 5.96 Å². The number of aryl methyl sites for hydroxylation is 1. The lowest BCUT2D eigenvalue weighted by molar-refractivity contribution is 0.489. The van der Waals surface area contributed by atoms with E-state index < -0.39 is 0 Å². The van der Waals surface area contributed by atoms with Crippen molar-refractivity contribution < 1.29 is 0 Å². The normalized spacial score (nSPS) is 12.7. The van der Waals surface area contributed by atoms with Crippen molar-refractivity contribution in [1.29, 1.82) is 0 Å². The number of pyridine rings is 1. The summed E-state index contributed by atoms with van der Waals surface area (Å²) >= 11 is 0. The molecule has 1 heterocycles. The Bertz CT molecular complexity index is 446. The van der Waals surface area contributed by atoms with Crippen LogP contribution in [0.1, 0.15) is 51.8 Å². The minimum Gasteiger partial charge on any atom is -0.357 e. The summed E-state index contributed by atoms with van der Waals surface area (Å²) in [5, 5.41) is 6.78. The summed E-state index contributed by atoms with van der Waals surface area (Å²) in [6, 6.07) is 4.46. The van der Waals surface area contributed by atoms with Gasteiger partial charge in [0.25, 0.3) is 0 Å². The summed E-state index contributed by atoms with van der Waals surface area (Å²) in [6.45, 7) is 12.4. The maximum atomic E-state index is 4.64. The van der Waals surface area contributed by atoms with E-state index in [0.29, 0.717) is 12.6 Å². The highest BCUT2D eigenvalue weighted by Crippen LogP contribution is 2.07. The standard InChI is InChI=1S/C17H30N4.HI/c1-6-18-17(21-15(5)10-9-13(2)3)20-12-16-14(4)8-7-11-19-16;/h7-8,11,13,15H,6,9-10,12H2,1-5H3,(H2,18,20,21);1H. The monoisotopic (exact) mass is 418 g/mol. The number of aromatic nitrogens is 1. The average molecular weight is 418 g/mol. The molecule has 4 nitrogen and oxygen atoms in total. The molecule has 2 N–H and O–H groups in total. The summed E-state index contributed by atoms with van der Waals surface area (Å²) in [6.07, 6.45) is 4.21. The highest BCUT2D eigenvalue weighted by molar-refractivity contribution is 14.0. The molecule has 0 spiro atoms. The maximum Gasteiger partial charge on any atom is 0.191 e. The van der Waals surface area contributed by atoms with Crippen LogP contribution in [0.3, 0.4) is 0 Å². The molecule has 126 valence electrons. The Kier molecular flexibility index (Phi) is 11.2. The van der Waals surface area contributed by atoms with Gasteiger partial charge < -0.3 is 10.6 Å². The highest BCUT2D eigenvalue weighted by atomic mass is 127. The lowest BCUT2D eigenvalue weighted by Gasteiger charge is -2.18. The topological polar surface area (TPSA) is 49.3 Å². The van der Waals surface area contributed by atoms with Crippen molar-refractivity contribution in [3.63, 3.8) is 0 Å². The van der Waals surface area contributed by atoms with Crippen molar-refractivity contribution in [2.24, 2.45) is 10.9 Å². The lowest BCUT2D eigenvalue weighted by Crippen LogP contribution is -2.42. The number of nitrogens with one attached hydrogen (secondary N) is 2. The predicted molar refractivity (Wildman–Crippen MR) is 106 cm³/mol. The van der Waals surface area contributed by atoms with Crippen molar-refractivity contribution in [3.8, 4) is 0 Å². The van der Waals surface area contributed by atoms with Crippen LogP contribution in [-0.4, -0.2) is 23.5 Å². The molecule has 0 bridgehead atoms. The van der Waals surface area contributed by atoms with E-state index in [4.69, 9.17) is 0 Å². The summed E-state index contributed by atoms with van der Waals surface area (Å²) < 4.78 is 0. The van der Waals surface area contributed by atoms with Crippen LogP contribution in [-0.2, 0) is 6.54 Å². The molecule has 0 amide bonds. The molecule has 0 radical (unpaired) electrons. The van der Waals surface area contributed by atoms with Crippen molar-refractivity contribution in [2.75, 3.05) is 6.54 Å². The van der Waals surface area contributed by atoms with E-state index in [1.54, 1.807) is 0 Å². The minimum absolute atomic E-state index is 0. The molecular formula is C17H31IN4. The third-order valence-electron chi connectivity index (χ3n) is 3.41. The summed E-state index contributed by atoms with van der Waals surface area (Å²) in [5.41, 5.74) is 2.22. The smallest absolute Gasteiger partial charge is 0.191 e. The van der Waals surface area contributed by atoms with Gasteiger partial charge in [0.2, 0.25) is 0 Å². The Morgan fingerprint density at radius 1 is 1.27 bits per heavy atom. The molecule has 0 aliphatic heterocycles. The fourth-order valence-electron chi connectivity index (χ4n) is 2.05. The number of halogens is 1. The number of nitrogens with zero attached hydrogens (tertiary/aromatic N) is 2. The molecule has 1 atom stereocenters. The quantitative estimate of drug-likeness (QED) is 0.401. The lowest BCUT2D eigenvalue weighted by atomic mass is 10.0. The number of guanidine groups is 1. The van der Waals surface area contributed by atoms with Crippen molar-refractivity contribution in [1.82, 2.24) is 15.6 Å². The first-order valence-electron chi connectivity index (χ1n) is 7.98. The highest BCUT2D eigenvalue weighted by Gasteiger charge is 2.06. The largest absolute Gasteiger partial charge is 0.357 e. The van der Waals surface area contributed by atoms with Crippen molar-refractivity contribution in [3.05, 3.63) is 29.6 Å². The molecular weight excluding hydrogens is 387 g/mol. The van der Waals surface area contributed by atoms with Gasteiger partial charge in [-0.3, -0.25) is 4.98 Å².